The van der Waals surface area contributed by atoms with E-state index in [1.807, 2.05) is 25.1 Å². The zero-order valence-corrected chi connectivity index (χ0v) is 11.7. The number of rotatable bonds is 6. The summed E-state index contributed by atoms with van der Waals surface area (Å²) >= 11 is 0. The molecule has 0 spiro atoms. The van der Waals surface area contributed by atoms with Crippen LogP contribution in [0.15, 0.2) is 18.2 Å². The fourth-order valence-corrected chi connectivity index (χ4v) is 1.81. The highest BCUT2D eigenvalue weighted by molar-refractivity contribution is 5.98. The summed E-state index contributed by atoms with van der Waals surface area (Å²) in [6, 6.07) is 5.80. The summed E-state index contributed by atoms with van der Waals surface area (Å²) in [6.45, 7) is 6.74. The Labute approximate surface area is 109 Å². The number of hydrogen-bond donors (Lipinski definition) is 1. The second kappa shape index (κ2) is 6.55. The first kappa shape index (κ1) is 14.7. The van der Waals surface area contributed by atoms with E-state index < -0.39 is 0 Å². The van der Waals surface area contributed by atoms with Gasteiger partial charge in [-0.25, -0.2) is 0 Å². The minimum Gasteiger partial charge on any atom is -0.496 e. The van der Waals surface area contributed by atoms with Gasteiger partial charge >= 0.3 is 0 Å². The maximum Gasteiger partial charge on any atom is 0.166 e. The fraction of sp³-hybridized carbons (Fsp3) is 0.533. The van der Waals surface area contributed by atoms with Gasteiger partial charge in [0.05, 0.1) is 12.7 Å². The van der Waals surface area contributed by atoms with Crippen LogP contribution >= 0.6 is 0 Å². The van der Waals surface area contributed by atoms with Gasteiger partial charge in [0.15, 0.2) is 5.78 Å². The van der Waals surface area contributed by atoms with Crippen LogP contribution in [0.4, 0.5) is 0 Å². The molecule has 1 atom stereocenters. The zero-order valence-electron chi connectivity index (χ0n) is 11.7. The van der Waals surface area contributed by atoms with Gasteiger partial charge in [-0.2, -0.15) is 0 Å². The maximum atomic E-state index is 12.1. The lowest BCUT2D eigenvalue weighted by Crippen LogP contribution is -2.15. The summed E-state index contributed by atoms with van der Waals surface area (Å²) in [6.07, 6.45) is 0.466. The van der Waals surface area contributed by atoms with Crippen LogP contribution in [-0.2, 0) is 0 Å². The third-order valence-electron chi connectivity index (χ3n) is 3.13. The summed E-state index contributed by atoms with van der Waals surface area (Å²) in [7, 11) is 1.60. The minimum atomic E-state index is 0.0973. The van der Waals surface area contributed by atoms with Crippen molar-refractivity contribution in [2.45, 2.75) is 33.1 Å². The van der Waals surface area contributed by atoms with Gasteiger partial charge in [-0.05, 0) is 36.1 Å². The van der Waals surface area contributed by atoms with Crippen molar-refractivity contribution < 1.29 is 9.53 Å². The lowest BCUT2D eigenvalue weighted by Gasteiger charge is -2.13. The molecule has 0 radical (unpaired) electrons. The van der Waals surface area contributed by atoms with Crippen molar-refractivity contribution in [3.05, 3.63) is 29.3 Å². The number of ether oxygens (including phenoxy) is 1. The number of methoxy groups -OCH3 is 1. The van der Waals surface area contributed by atoms with Gasteiger partial charge in [0.1, 0.15) is 5.75 Å². The van der Waals surface area contributed by atoms with Crippen LogP contribution in [0.2, 0.25) is 0 Å². The molecule has 0 amide bonds. The summed E-state index contributed by atoms with van der Waals surface area (Å²) in [5.74, 6) is 1.38. The van der Waals surface area contributed by atoms with Crippen LogP contribution in [0.1, 0.15) is 49.0 Å². The largest absolute Gasteiger partial charge is 0.496 e. The Bertz CT molecular complexity index is 413. The minimum absolute atomic E-state index is 0.0973. The Kier molecular flexibility index (Phi) is 5.35. The monoisotopic (exact) mass is 249 g/mol. The molecule has 0 aliphatic heterocycles. The Morgan fingerprint density at radius 2 is 2.00 bits per heavy atom. The van der Waals surface area contributed by atoms with Crippen molar-refractivity contribution in [3.8, 4) is 5.75 Å². The molecule has 100 valence electrons. The van der Waals surface area contributed by atoms with Gasteiger partial charge < -0.3 is 10.5 Å². The van der Waals surface area contributed by atoms with E-state index in [0.717, 1.165) is 0 Å². The number of hydrogen-bond acceptors (Lipinski definition) is 3. The second-order valence-electron chi connectivity index (χ2n) is 5.08. The van der Waals surface area contributed by atoms with Crippen molar-refractivity contribution >= 4 is 5.78 Å². The van der Waals surface area contributed by atoms with E-state index in [2.05, 4.69) is 13.8 Å². The fourth-order valence-electron chi connectivity index (χ4n) is 1.81. The molecule has 2 N–H and O–H groups in total. The number of carbonyl (C=O) groups excluding carboxylic acids is 1. The summed E-state index contributed by atoms with van der Waals surface area (Å²) in [4.78, 5) is 12.1. The highest BCUT2D eigenvalue weighted by atomic mass is 16.5. The Morgan fingerprint density at radius 1 is 1.33 bits per heavy atom. The summed E-state index contributed by atoms with van der Waals surface area (Å²) < 4.78 is 5.32. The lowest BCUT2D eigenvalue weighted by molar-refractivity contribution is 0.0963. The summed E-state index contributed by atoms with van der Waals surface area (Å²) in [5, 5.41) is 0. The quantitative estimate of drug-likeness (QED) is 0.788. The highest BCUT2D eigenvalue weighted by Gasteiger charge is 2.15. The van der Waals surface area contributed by atoms with E-state index >= 15 is 0 Å². The van der Waals surface area contributed by atoms with E-state index in [1.54, 1.807) is 7.11 Å². The average molecular weight is 249 g/mol. The molecule has 1 unspecified atom stereocenters. The third-order valence-corrected chi connectivity index (χ3v) is 3.13. The molecule has 0 bridgehead atoms. The van der Waals surface area contributed by atoms with Gasteiger partial charge in [-0.15, -0.1) is 0 Å². The molecule has 0 heterocycles. The zero-order chi connectivity index (χ0) is 13.7. The molecule has 0 fully saturated rings. The predicted molar refractivity (Wildman–Crippen MR) is 74.2 cm³/mol. The Morgan fingerprint density at radius 3 is 2.50 bits per heavy atom. The van der Waals surface area contributed by atoms with E-state index in [1.165, 1.54) is 5.56 Å². The van der Waals surface area contributed by atoms with Gasteiger partial charge in [0.25, 0.3) is 0 Å². The lowest BCUT2D eigenvalue weighted by atomic mass is 9.95. The normalized spacial score (nSPS) is 12.6. The van der Waals surface area contributed by atoms with E-state index in [-0.39, 0.29) is 11.7 Å². The van der Waals surface area contributed by atoms with E-state index in [4.69, 9.17) is 10.5 Å². The molecule has 0 aromatic heterocycles. The van der Waals surface area contributed by atoms with Crippen LogP contribution < -0.4 is 10.5 Å². The SMILES string of the molecule is COc1cc(C(C)C)ccc1C(=O)CC(C)CN. The van der Waals surface area contributed by atoms with Crippen molar-refractivity contribution in [3.63, 3.8) is 0 Å². The Balaban J connectivity index is 2.98. The topological polar surface area (TPSA) is 52.3 Å². The van der Waals surface area contributed by atoms with Crippen LogP contribution in [0.5, 0.6) is 5.75 Å². The first-order valence-electron chi connectivity index (χ1n) is 6.40. The van der Waals surface area contributed by atoms with Gasteiger partial charge in [-0.1, -0.05) is 26.8 Å². The molecule has 3 heteroatoms. The smallest absolute Gasteiger partial charge is 0.166 e. The predicted octanol–water partition coefficient (Wildman–Crippen LogP) is 2.99. The van der Waals surface area contributed by atoms with E-state index in [9.17, 15) is 4.79 Å². The maximum absolute atomic E-state index is 12.1. The van der Waals surface area contributed by atoms with Crippen molar-refractivity contribution in [1.82, 2.24) is 0 Å². The van der Waals surface area contributed by atoms with Gasteiger partial charge in [-0.3, -0.25) is 4.79 Å². The molecule has 1 rings (SSSR count). The number of ketones is 1. The molecule has 0 aliphatic rings. The van der Waals surface area contributed by atoms with E-state index in [0.29, 0.717) is 30.2 Å². The molecule has 0 saturated heterocycles. The van der Waals surface area contributed by atoms with Crippen LogP contribution in [-0.4, -0.2) is 19.4 Å². The highest BCUT2D eigenvalue weighted by Crippen LogP contribution is 2.26. The van der Waals surface area contributed by atoms with Crippen LogP contribution in [0, 0.1) is 5.92 Å². The molecule has 1 aromatic carbocycles. The average Bonchev–Trinajstić information content (AvgIpc) is 2.37. The molecule has 3 nitrogen and oxygen atoms in total. The van der Waals surface area contributed by atoms with Crippen molar-refractivity contribution in [1.29, 1.82) is 0 Å². The molecule has 0 aliphatic carbocycles. The first-order chi connectivity index (χ1) is 8.49. The number of benzene rings is 1. The number of carbonyl (C=O) groups is 1. The van der Waals surface area contributed by atoms with Crippen LogP contribution in [0.3, 0.4) is 0 Å². The Hall–Kier alpha value is -1.35. The molecular weight excluding hydrogens is 226 g/mol. The van der Waals surface area contributed by atoms with Crippen LogP contribution in [0.25, 0.3) is 0 Å². The third kappa shape index (κ3) is 3.57. The molecule has 0 saturated carbocycles. The first-order valence-corrected chi connectivity index (χ1v) is 6.40. The molecule has 1 aromatic rings. The van der Waals surface area contributed by atoms with Gasteiger partial charge in [0.2, 0.25) is 0 Å². The standard InChI is InChI=1S/C15H23NO2/c1-10(2)12-5-6-13(15(8-12)18-4)14(17)7-11(3)9-16/h5-6,8,10-11H,7,9,16H2,1-4H3. The second-order valence-corrected chi connectivity index (χ2v) is 5.08. The van der Waals surface area contributed by atoms with Crippen molar-refractivity contribution in [2.75, 3.05) is 13.7 Å². The number of Topliss-reactive ketones (excluding diaryl/α,β-unsaturated/α-hetero) is 1. The number of nitrogens with two attached hydrogens (primary N) is 1. The summed E-state index contributed by atoms with van der Waals surface area (Å²) in [5.41, 5.74) is 7.38. The molecular formula is C15H23NO2. The molecule has 18 heavy (non-hydrogen) atoms. The van der Waals surface area contributed by atoms with Crippen molar-refractivity contribution in [2.24, 2.45) is 11.7 Å². The van der Waals surface area contributed by atoms with Gasteiger partial charge in [0, 0.05) is 6.42 Å².